The van der Waals surface area contributed by atoms with Crippen molar-refractivity contribution in [1.82, 2.24) is 4.90 Å². The lowest BCUT2D eigenvalue weighted by atomic mass is 9.77. The van der Waals surface area contributed by atoms with Crippen LogP contribution < -0.4 is 0 Å². The van der Waals surface area contributed by atoms with Crippen LogP contribution in [0.2, 0.25) is 0 Å². The Bertz CT molecular complexity index is 228. The Hall–Kier alpha value is -0.570. The van der Waals surface area contributed by atoms with E-state index in [4.69, 9.17) is 0 Å². The second-order valence-corrected chi connectivity index (χ2v) is 5.17. The van der Waals surface area contributed by atoms with Gasteiger partial charge in [-0.15, -0.1) is 0 Å². The van der Waals surface area contributed by atoms with Crippen LogP contribution in [0.15, 0.2) is 0 Å². The van der Waals surface area contributed by atoms with Crippen LogP contribution in [0.4, 0.5) is 0 Å². The van der Waals surface area contributed by atoms with Gasteiger partial charge >= 0.3 is 5.97 Å². The number of nitrogens with zero attached hydrogens (tertiary/aromatic N) is 1. The lowest BCUT2D eigenvalue weighted by molar-refractivity contribution is -0.153. The minimum Gasteiger partial charge on any atom is -0.481 e. The molecule has 1 atom stereocenters. The van der Waals surface area contributed by atoms with Crippen molar-refractivity contribution in [3.63, 3.8) is 0 Å². The molecule has 1 rings (SSSR count). The molecule has 1 fully saturated rings. The highest BCUT2D eigenvalue weighted by Crippen LogP contribution is 2.33. The summed E-state index contributed by atoms with van der Waals surface area (Å²) in [5, 5.41) is 9.31. The Labute approximate surface area is 92.5 Å². The molecule has 0 spiro atoms. The van der Waals surface area contributed by atoms with E-state index in [9.17, 15) is 9.90 Å². The average molecular weight is 213 g/mol. The second kappa shape index (κ2) is 4.97. The fourth-order valence-corrected chi connectivity index (χ4v) is 2.51. The molecule has 0 amide bonds. The van der Waals surface area contributed by atoms with E-state index in [1.165, 1.54) is 0 Å². The van der Waals surface area contributed by atoms with E-state index in [0.717, 1.165) is 38.9 Å². The maximum Gasteiger partial charge on any atom is 0.310 e. The van der Waals surface area contributed by atoms with Crippen LogP contribution in [0.5, 0.6) is 0 Å². The molecule has 0 aromatic heterocycles. The Morgan fingerprint density at radius 1 is 1.53 bits per heavy atom. The number of rotatable bonds is 4. The number of hydrogen-bond donors (Lipinski definition) is 1. The number of hydrogen-bond acceptors (Lipinski definition) is 2. The summed E-state index contributed by atoms with van der Waals surface area (Å²) in [6, 6.07) is 0. The first-order valence-corrected chi connectivity index (χ1v) is 5.96. The SMILES string of the molecule is CCC1(C(=O)O)CCCN(CC(C)C)C1. The van der Waals surface area contributed by atoms with Gasteiger partial charge in [-0.05, 0) is 31.7 Å². The summed E-state index contributed by atoms with van der Waals surface area (Å²) in [6.45, 7) is 9.18. The zero-order chi connectivity index (χ0) is 11.5. The van der Waals surface area contributed by atoms with Gasteiger partial charge in [0, 0.05) is 13.1 Å². The van der Waals surface area contributed by atoms with Crippen molar-refractivity contribution in [2.45, 2.75) is 40.0 Å². The molecule has 1 N–H and O–H groups in total. The largest absolute Gasteiger partial charge is 0.481 e. The topological polar surface area (TPSA) is 40.5 Å². The zero-order valence-corrected chi connectivity index (χ0v) is 10.1. The predicted molar refractivity (Wildman–Crippen MR) is 60.9 cm³/mol. The molecule has 15 heavy (non-hydrogen) atoms. The van der Waals surface area contributed by atoms with E-state index in [0.29, 0.717) is 5.92 Å². The van der Waals surface area contributed by atoms with Crippen LogP contribution in [0, 0.1) is 11.3 Å². The Balaban J connectivity index is 2.64. The van der Waals surface area contributed by atoms with E-state index in [-0.39, 0.29) is 0 Å². The molecule has 0 aromatic rings. The van der Waals surface area contributed by atoms with Crippen LogP contribution in [0.1, 0.15) is 40.0 Å². The average Bonchev–Trinajstić information content (AvgIpc) is 2.16. The highest BCUT2D eigenvalue weighted by molar-refractivity contribution is 5.75. The number of aliphatic carboxylic acids is 1. The first-order valence-electron chi connectivity index (χ1n) is 5.96. The molecule has 1 saturated heterocycles. The van der Waals surface area contributed by atoms with E-state index < -0.39 is 11.4 Å². The van der Waals surface area contributed by atoms with E-state index in [1.807, 2.05) is 6.92 Å². The van der Waals surface area contributed by atoms with Crippen LogP contribution in [0.25, 0.3) is 0 Å². The predicted octanol–water partition coefficient (Wildman–Crippen LogP) is 2.22. The molecule has 1 aliphatic heterocycles. The highest BCUT2D eigenvalue weighted by atomic mass is 16.4. The third-order valence-electron chi connectivity index (χ3n) is 3.41. The first-order chi connectivity index (χ1) is 7.00. The van der Waals surface area contributed by atoms with Gasteiger partial charge in [0.25, 0.3) is 0 Å². The molecule has 3 heteroatoms. The third kappa shape index (κ3) is 2.94. The van der Waals surface area contributed by atoms with E-state index in [1.54, 1.807) is 0 Å². The molecule has 3 nitrogen and oxygen atoms in total. The second-order valence-electron chi connectivity index (χ2n) is 5.17. The van der Waals surface area contributed by atoms with Gasteiger partial charge in [0.2, 0.25) is 0 Å². The summed E-state index contributed by atoms with van der Waals surface area (Å²) in [5.41, 5.74) is -0.479. The molecule has 88 valence electrons. The maximum absolute atomic E-state index is 11.3. The van der Waals surface area contributed by atoms with Gasteiger partial charge < -0.3 is 10.0 Å². The van der Waals surface area contributed by atoms with Gasteiger partial charge in [-0.1, -0.05) is 20.8 Å². The van der Waals surface area contributed by atoms with Crippen molar-refractivity contribution in [2.75, 3.05) is 19.6 Å². The number of carboxylic acids is 1. The molecule has 0 aromatic carbocycles. The van der Waals surface area contributed by atoms with Crippen molar-refractivity contribution in [2.24, 2.45) is 11.3 Å². The summed E-state index contributed by atoms with van der Waals surface area (Å²) >= 11 is 0. The van der Waals surface area contributed by atoms with Crippen molar-refractivity contribution in [1.29, 1.82) is 0 Å². The fourth-order valence-electron chi connectivity index (χ4n) is 2.51. The number of carbonyl (C=O) groups is 1. The summed E-state index contributed by atoms with van der Waals surface area (Å²) in [7, 11) is 0. The monoisotopic (exact) mass is 213 g/mol. The highest BCUT2D eigenvalue weighted by Gasteiger charge is 2.40. The quantitative estimate of drug-likeness (QED) is 0.778. The molecular weight excluding hydrogens is 190 g/mol. The number of likely N-dealkylation sites (tertiary alicyclic amines) is 1. The van der Waals surface area contributed by atoms with Gasteiger partial charge in [-0.2, -0.15) is 0 Å². The lowest BCUT2D eigenvalue weighted by Crippen LogP contribution is -2.48. The van der Waals surface area contributed by atoms with Gasteiger partial charge in [-0.25, -0.2) is 0 Å². The summed E-state index contributed by atoms with van der Waals surface area (Å²) in [6.07, 6.45) is 2.61. The van der Waals surface area contributed by atoms with Gasteiger partial charge in [0.1, 0.15) is 0 Å². The van der Waals surface area contributed by atoms with Gasteiger partial charge in [0.05, 0.1) is 5.41 Å². The van der Waals surface area contributed by atoms with Crippen molar-refractivity contribution >= 4 is 5.97 Å². The molecule has 1 aliphatic rings. The van der Waals surface area contributed by atoms with Gasteiger partial charge in [-0.3, -0.25) is 4.79 Å². The summed E-state index contributed by atoms with van der Waals surface area (Å²) in [4.78, 5) is 13.6. The number of piperidine rings is 1. The standard InChI is InChI=1S/C12H23NO2/c1-4-12(11(14)15)6-5-7-13(9-12)8-10(2)3/h10H,4-9H2,1-3H3,(H,14,15). The molecule has 0 saturated carbocycles. The molecule has 0 bridgehead atoms. The smallest absolute Gasteiger partial charge is 0.310 e. The molecular formula is C12H23NO2. The Morgan fingerprint density at radius 3 is 2.67 bits per heavy atom. The van der Waals surface area contributed by atoms with Crippen molar-refractivity contribution in [3.8, 4) is 0 Å². The minimum absolute atomic E-state index is 0.479. The summed E-state index contributed by atoms with van der Waals surface area (Å²) < 4.78 is 0. The normalized spacial score (nSPS) is 28.3. The van der Waals surface area contributed by atoms with E-state index in [2.05, 4.69) is 18.7 Å². The first kappa shape index (κ1) is 12.5. The van der Waals surface area contributed by atoms with Crippen LogP contribution >= 0.6 is 0 Å². The Kier molecular flexibility index (Phi) is 4.14. The summed E-state index contributed by atoms with van der Waals surface area (Å²) in [5.74, 6) is 0.00454. The van der Waals surface area contributed by atoms with Crippen molar-refractivity contribution < 1.29 is 9.90 Å². The zero-order valence-electron chi connectivity index (χ0n) is 10.1. The van der Waals surface area contributed by atoms with Crippen LogP contribution in [-0.4, -0.2) is 35.6 Å². The van der Waals surface area contributed by atoms with E-state index >= 15 is 0 Å². The Morgan fingerprint density at radius 2 is 2.20 bits per heavy atom. The third-order valence-corrected chi connectivity index (χ3v) is 3.41. The lowest BCUT2D eigenvalue weighted by Gasteiger charge is -2.40. The maximum atomic E-state index is 11.3. The molecule has 0 aliphatic carbocycles. The van der Waals surface area contributed by atoms with Crippen molar-refractivity contribution in [3.05, 3.63) is 0 Å². The molecule has 0 radical (unpaired) electrons. The number of carboxylic acid groups (broad SMARTS) is 1. The minimum atomic E-state index is -0.613. The fraction of sp³-hybridized carbons (Fsp3) is 0.917. The van der Waals surface area contributed by atoms with Crippen LogP contribution in [-0.2, 0) is 4.79 Å². The van der Waals surface area contributed by atoms with Gasteiger partial charge in [0.15, 0.2) is 0 Å². The van der Waals surface area contributed by atoms with Crippen LogP contribution in [0.3, 0.4) is 0 Å². The molecule has 1 unspecified atom stereocenters. The molecule has 1 heterocycles.